The van der Waals surface area contributed by atoms with E-state index in [4.69, 9.17) is 0 Å². The van der Waals surface area contributed by atoms with E-state index in [2.05, 4.69) is 5.32 Å². The van der Waals surface area contributed by atoms with Crippen LogP contribution in [0.1, 0.15) is 43.7 Å². The third-order valence-electron chi connectivity index (χ3n) is 5.67. The minimum absolute atomic E-state index is 0.0422. The molecule has 4 nitrogen and oxygen atoms in total. The van der Waals surface area contributed by atoms with Crippen molar-refractivity contribution in [2.75, 3.05) is 13.1 Å². The van der Waals surface area contributed by atoms with Crippen LogP contribution in [0.25, 0.3) is 0 Å². The van der Waals surface area contributed by atoms with Gasteiger partial charge in [0, 0.05) is 13.1 Å². The Labute approximate surface area is 169 Å². The van der Waals surface area contributed by atoms with Crippen molar-refractivity contribution in [1.82, 2.24) is 10.2 Å². The first-order valence-electron chi connectivity index (χ1n) is 10.0. The van der Waals surface area contributed by atoms with E-state index in [0.29, 0.717) is 19.4 Å². The SMILES string of the molecule is CCN(CC(=O)NCc1ccc(F)cc1)C(=O)C1(c2ccc(F)cc2)CCCC1. The summed E-state index contributed by atoms with van der Waals surface area (Å²) in [5, 5.41) is 2.78. The van der Waals surface area contributed by atoms with Crippen molar-refractivity contribution in [3.63, 3.8) is 0 Å². The second-order valence-electron chi connectivity index (χ2n) is 7.52. The average molecular weight is 400 g/mol. The molecule has 0 aromatic heterocycles. The first-order valence-corrected chi connectivity index (χ1v) is 10.0. The number of rotatable bonds is 7. The Bertz CT molecular complexity index is 844. The van der Waals surface area contributed by atoms with E-state index >= 15 is 0 Å². The normalized spacial score (nSPS) is 15.1. The van der Waals surface area contributed by atoms with Crippen LogP contribution in [0.5, 0.6) is 0 Å². The fraction of sp³-hybridized carbons (Fsp3) is 0.391. The molecule has 154 valence electrons. The van der Waals surface area contributed by atoms with Gasteiger partial charge in [-0.15, -0.1) is 0 Å². The molecular formula is C23H26F2N2O2. The van der Waals surface area contributed by atoms with Crippen LogP contribution in [-0.2, 0) is 21.5 Å². The Kier molecular flexibility index (Phi) is 6.62. The molecule has 1 aliphatic rings. The van der Waals surface area contributed by atoms with Crippen molar-refractivity contribution in [1.29, 1.82) is 0 Å². The number of likely N-dealkylation sites (N-methyl/N-ethyl adjacent to an activating group) is 1. The number of hydrogen-bond donors (Lipinski definition) is 1. The van der Waals surface area contributed by atoms with Crippen LogP contribution in [-0.4, -0.2) is 29.8 Å². The standard InChI is InChI=1S/C23H26F2N2O2/c1-2-27(16-21(28)26-15-17-5-9-19(24)10-6-17)22(29)23(13-3-4-14-23)18-7-11-20(25)12-8-18/h5-12H,2-4,13-16H2,1H3,(H,26,28). The van der Waals surface area contributed by atoms with Gasteiger partial charge in [-0.1, -0.05) is 37.1 Å². The molecule has 0 radical (unpaired) electrons. The summed E-state index contributed by atoms with van der Waals surface area (Å²) in [4.78, 5) is 27.4. The summed E-state index contributed by atoms with van der Waals surface area (Å²) in [7, 11) is 0. The molecule has 2 aromatic carbocycles. The van der Waals surface area contributed by atoms with E-state index in [-0.39, 0.29) is 36.5 Å². The van der Waals surface area contributed by atoms with E-state index in [1.54, 1.807) is 29.2 Å². The summed E-state index contributed by atoms with van der Waals surface area (Å²) in [6, 6.07) is 12.0. The van der Waals surface area contributed by atoms with Crippen LogP contribution in [0, 0.1) is 11.6 Å². The Balaban J connectivity index is 1.68. The molecule has 1 N–H and O–H groups in total. The average Bonchev–Trinajstić information content (AvgIpc) is 3.22. The molecule has 1 fully saturated rings. The van der Waals surface area contributed by atoms with Gasteiger partial charge >= 0.3 is 0 Å². The highest BCUT2D eigenvalue weighted by molar-refractivity contribution is 5.92. The topological polar surface area (TPSA) is 49.4 Å². The van der Waals surface area contributed by atoms with Crippen LogP contribution in [0.4, 0.5) is 8.78 Å². The summed E-state index contributed by atoms with van der Waals surface area (Å²) in [6.45, 7) is 2.48. The molecule has 0 heterocycles. The van der Waals surface area contributed by atoms with Crippen molar-refractivity contribution < 1.29 is 18.4 Å². The lowest BCUT2D eigenvalue weighted by molar-refractivity contribution is -0.140. The first kappa shape index (κ1) is 21.0. The number of carbonyl (C=O) groups is 2. The molecule has 0 unspecified atom stereocenters. The molecule has 2 aromatic rings. The van der Waals surface area contributed by atoms with Crippen molar-refractivity contribution in [2.24, 2.45) is 0 Å². The van der Waals surface area contributed by atoms with Crippen LogP contribution < -0.4 is 5.32 Å². The summed E-state index contributed by atoms with van der Waals surface area (Å²) in [6.07, 6.45) is 3.26. The quantitative estimate of drug-likeness (QED) is 0.765. The van der Waals surface area contributed by atoms with Gasteiger partial charge in [-0.3, -0.25) is 9.59 Å². The van der Waals surface area contributed by atoms with Gasteiger partial charge < -0.3 is 10.2 Å². The van der Waals surface area contributed by atoms with Gasteiger partial charge in [0.15, 0.2) is 0 Å². The predicted molar refractivity (Wildman–Crippen MR) is 107 cm³/mol. The fourth-order valence-corrected chi connectivity index (χ4v) is 4.04. The van der Waals surface area contributed by atoms with Gasteiger partial charge in [-0.05, 0) is 55.2 Å². The zero-order valence-electron chi connectivity index (χ0n) is 16.6. The largest absolute Gasteiger partial charge is 0.350 e. The number of hydrogen-bond acceptors (Lipinski definition) is 2. The Morgan fingerprint density at radius 1 is 0.966 bits per heavy atom. The van der Waals surface area contributed by atoms with E-state index < -0.39 is 5.41 Å². The molecule has 0 saturated heterocycles. The highest BCUT2D eigenvalue weighted by Crippen LogP contribution is 2.42. The second kappa shape index (κ2) is 9.16. The van der Waals surface area contributed by atoms with Crippen LogP contribution in [0.3, 0.4) is 0 Å². The van der Waals surface area contributed by atoms with Gasteiger partial charge in [-0.2, -0.15) is 0 Å². The fourth-order valence-electron chi connectivity index (χ4n) is 4.04. The van der Waals surface area contributed by atoms with Crippen LogP contribution in [0.15, 0.2) is 48.5 Å². The Morgan fingerprint density at radius 2 is 1.52 bits per heavy atom. The van der Waals surface area contributed by atoms with Crippen molar-refractivity contribution >= 4 is 11.8 Å². The maximum atomic E-state index is 13.4. The van der Waals surface area contributed by atoms with E-state index in [1.165, 1.54) is 24.3 Å². The number of amides is 2. The molecule has 0 spiro atoms. The lowest BCUT2D eigenvalue weighted by Crippen LogP contribution is -2.49. The summed E-state index contributed by atoms with van der Waals surface area (Å²) in [5.74, 6) is -1.01. The molecule has 6 heteroatoms. The maximum absolute atomic E-state index is 13.4. The van der Waals surface area contributed by atoms with E-state index in [9.17, 15) is 18.4 Å². The second-order valence-corrected chi connectivity index (χ2v) is 7.52. The minimum atomic E-state index is -0.694. The summed E-state index contributed by atoms with van der Waals surface area (Å²) < 4.78 is 26.4. The Hall–Kier alpha value is -2.76. The van der Waals surface area contributed by atoms with Gasteiger partial charge in [0.1, 0.15) is 11.6 Å². The monoisotopic (exact) mass is 400 g/mol. The lowest BCUT2D eigenvalue weighted by atomic mass is 9.77. The van der Waals surface area contributed by atoms with E-state index in [1.807, 2.05) is 6.92 Å². The predicted octanol–water partition coefficient (Wildman–Crippen LogP) is 3.94. The number of nitrogens with zero attached hydrogens (tertiary/aromatic N) is 1. The lowest BCUT2D eigenvalue weighted by Gasteiger charge is -2.34. The number of carbonyl (C=O) groups excluding carboxylic acids is 2. The molecule has 0 bridgehead atoms. The molecule has 1 saturated carbocycles. The highest BCUT2D eigenvalue weighted by atomic mass is 19.1. The number of benzene rings is 2. The highest BCUT2D eigenvalue weighted by Gasteiger charge is 2.44. The first-order chi connectivity index (χ1) is 13.9. The van der Waals surface area contributed by atoms with Gasteiger partial charge in [0.2, 0.25) is 11.8 Å². The molecule has 0 atom stereocenters. The van der Waals surface area contributed by atoms with Gasteiger partial charge in [0.25, 0.3) is 0 Å². The van der Waals surface area contributed by atoms with Crippen molar-refractivity contribution in [3.05, 3.63) is 71.3 Å². The zero-order valence-corrected chi connectivity index (χ0v) is 16.6. The smallest absolute Gasteiger partial charge is 0.239 e. The van der Waals surface area contributed by atoms with Crippen molar-refractivity contribution in [2.45, 2.75) is 44.6 Å². The molecule has 2 amide bonds. The minimum Gasteiger partial charge on any atom is -0.350 e. The molecule has 29 heavy (non-hydrogen) atoms. The van der Waals surface area contributed by atoms with Gasteiger partial charge in [0.05, 0.1) is 12.0 Å². The van der Waals surface area contributed by atoms with Gasteiger partial charge in [-0.25, -0.2) is 8.78 Å². The van der Waals surface area contributed by atoms with E-state index in [0.717, 1.165) is 24.0 Å². The van der Waals surface area contributed by atoms with Crippen LogP contribution >= 0.6 is 0 Å². The zero-order chi connectivity index (χ0) is 20.9. The third-order valence-corrected chi connectivity index (χ3v) is 5.67. The van der Waals surface area contributed by atoms with Crippen LogP contribution in [0.2, 0.25) is 0 Å². The molecule has 0 aliphatic heterocycles. The third kappa shape index (κ3) is 4.81. The molecular weight excluding hydrogens is 374 g/mol. The molecule has 3 rings (SSSR count). The summed E-state index contributed by atoms with van der Waals surface area (Å²) in [5.41, 5.74) is 0.903. The maximum Gasteiger partial charge on any atom is 0.239 e. The number of nitrogens with one attached hydrogen (secondary N) is 1. The Morgan fingerprint density at radius 3 is 2.07 bits per heavy atom. The molecule has 1 aliphatic carbocycles. The number of halogens is 2. The summed E-state index contributed by atoms with van der Waals surface area (Å²) >= 11 is 0. The van der Waals surface area contributed by atoms with Crippen molar-refractivity contribution in [3.8, 4) is 0 Å².